The smallest absolute Gasteiger partial charge is 0.271 e. The molecule has 0 saturated carbocycles. The molecule has 1 aromatic carbocycles. The van der Waals surface area contributed by atoms with Crippen molar-refractivity contribution in [2.75, 3.05) is 5.32 Å². The van der Waals surface area contributed by atoms with Crippen LogP contribution in [0.3, 0.4) is 0 Å². The number of carbonyl (C=O) groups excluding carboxylic acids is 2. The highest BCUT2D eigenvalue weighted by Crippen LogP contribution is 2.27. The summed E-state index contributed by atoms with van der Waals surface area (Å²) in [5.74, 6) is -0.775. The van der Waals surface area contributed by atoms with Gasteiger partial charge in [0.25, 0.3) is 5.69 Å². The second-order valence-corrected chi connectivity index (χ2v) is 4.20. The van der Waals surface area contributed by atoms with Crippen LogP contribution in [0.4, 0.5) is 11.4 Å². The number of anilines is 1. The molecule has 0 saturated heterocycles. The molecule has 0 aliphatic heterocycles. The first-order valence-electron chi connectivity index (χ1n) is 4.63. The molecule has 6 nitrogen and oxygen atoms in total. The quantitative estimate of drug-likeness (QED) is 0.525. The first kappa shape index (κ1) is 13.3. The van der Waals surface area contributed by atoms with Gasteiger partial charge in [-0.25, -0.2) is 0 Å². The van der Waals surface area contributed by atoms with Crippen LogP contribution < -0.4 is 5.32 Å². The van der Waals surface area contributed by atoms with E-state index in [1.807, 2.05) is 0 Å². The molecule has 1 N–H and O–H groups in total. The predicted octanol–water partition coefficient (Wildman–Crippen LogP) is 2.27. The molecule has 1 amide bonds. The maximum atomic E-state index is 11.3. The summed E-state index contributed by atoms with van der Waals surface area (Å²) >= 11 is 3.15. The van der Waals surface area contributed by atoms with Crippen molar-refractivity contribution in [1.82, 2.24) is 0 Å². The van der Waals surface area contributed by atoms with Gasteiger partial charge in [-0.2, -0.15) is 0 Å². The van der Waals surface area contributed by atoms with Gasteiger partial charge in [0.15, 0.2) is 0 Å². The second-order valence-electron chi connectivity index (χ2n) is 3.35. The molecule has 0 heterocycles. The molecule has 0 radical (unpaired) electrons. The van der Waals surface area contributed by atoms with E-state index in [-0.39, 0.29) is 23.6 Å². The summed E-state index contributed by atoms with van der Waals surface area (Å²) in [5.41, 5.74) is 0.136. The lowest BCUT2D eigenvalue weighted by Crippen LogP contribution is -2.15. The average molecular weight is 301 g/mol. The van der Waals surface area contributed by atoms with E-state index < -0.39 is 10.8 Å². The molecule has 1 rings (SSSR count). The number of benzene rings is 1. The Kier molecular flexibility index (Phi) is 4.33. The molecule has 0 aliphatic carbocycles. The summed E-state index contributed by atoms with van der Waals surface area (Å²) in [4.78, 5) is 32.0. The standard InChI is InChI=1S/C10H9BrN2O4/c1-6(14)4-10(15)12-9-5-7(13(16)17)2-3-8(9)11/h2-3,5H,4H2,1H3,(H,12,15). The van der Waals surface area contributed by atoms with Crippen molar-refractivity contribution in [3.8, 4) is 0 Å². The Bertz CT molecular complexity index is 487. The van der Waals surface area contributed by atoms with E-state index in [1.165, 1.54) is 25.1 Å². The first-order chi connectivity index (χ1) is 7.90. The highest BCUT2D eigenvalue weighted by Gasteiger charge is 2.12. The Morgan fingerprint density at radius 2 is 2.12 bits per heavy atom. The predicted molar refractivity (Wildman–Crippen MR) is 64.7 cm³/mol. The van der Waals surface area contributed by atoms with Crippen LogP contribution in [0.5, 0.6) is 0 Å². The SMILES string of the molecule is CC(=O)CC(=O)Nc1cc([N+](=O)[O-])ccc1Br. The zero-order valence-electron chi connectivity index (χ0n) is 8.90. The molecule has 0 aromatic heterocycles. The lowest BCUT2D eigenvalue weighted by Gasteiger charge is -2.05. The third-order valence-electron chi connectivity index (χ3n) is 1.84. The Morgan fingerprint density at radius 3 is 2.65 bits per heavy atom. The van der Waals surface area contributed by atoms with Crippen LogP contribution in [0.15, 0.2) is 22.7 Å². The van der Waals surface area contributed by atoms with Crippen LogP contribution in [-0.2, 0) is 9.59 Å². The van der Waals surface area contributed by atoms with Crippen LogP contribution in [0.2, 0.25) is 0 Å². The van der Waals surface area contributed by atoms with Crippen LogP contribution in [0, 0.1) is 10.1 Å². The summed E-state index contributed by atoms with van der Waals surface area (Å²) < 4.78 is 0.514. The molecule has 0 bridgehead atoms. The fourth-order valence-corrected chi connectivity index (χ4v) is 1.49. The Hall–Kier alpha value is -1.76. The average Bonchev–Trinajstić information content (AvgIpc) is 2.19. The summed E-state index contributed by atoms with van der Waals surface area (Å²) in [5, 5.41) is 13.0. The number of rotatable bonds is 4. The van der Waals surface area contributed by atoms with Crippen molar-refractivity contribution in [1.29, 1.82) is 0 Å². The van der Waals surface area contributed by atoms with Crippen molar-refractivity contribution in [2.24, 2.45) is 0 Å². The summed E-state index contributed by atoms with van der Waals surface area (Å²) in [6.45, 7) is 1.29. The number of hydrogen-bond acceptors (Lipinski definition) is 4. The van der Waals surface area contributed by atoms with Crippen molar-refractivity contribution < 1.29 is 14.5 Å². The van der Waals surface area contributed by atoms with E-state index in [0.29, 0.717) is 4.47 Å². The highest BCUT2D eigenvalue weighted by molar-refractivity contribution is 9.10. The fourth-order valence-electron chi connectivity index (χ4n) is 1.14. The fraction of sp³-hybridized carbons (Fsp3) is 0.200. The van der Waals surface area contributed by atoms with Crippen molar-refractivity contribution >= 4 is 39.0 Å². The Labute approximate surface area is 105 Å². The molecular formula is C10H9BrN2O4. The van der Waals surface area contributed by atoms with Crippen LogP contribution in [-0.4, -0.2) is 16.6 Å². The number of non-ortho nitro benzene ring substituents is 1. The van der Waals surface area contributed by atoms with Gasteiger partial charge in [0.1, 0.15) is 5.78 Å². The largest absolute Gasteiger partial charge is 0.324 e. The summed E-state index contributed by atoms with van der Waals surface area (Å²) in [7, 11) is 0. The van der Waals surface area contributed by atoms with Crippen molar-refractivity contribution in [3.63, 3.8) is 0 Å². The zero-order valence-corrected chi connectivity index (χ0v) is 10.5. The van der Waals surface area contributed by atoms with Gasteiger partial charge in [0.05, 0.1) is 17.0 Å². The molecule has 0 atom stereocenters. The number of nitrogens with zero attached hydrogens (tertiary/aromatic N) is 1. The lowest BCUT2D eigenvalue weighted by molar-refractivity contribution is -0.384. The number of halogens is 1. The normalized spacial score (nSPS) is 9.76. The van der Waals surface area contributed by atoms with Gasteiger partial charge in [-0.3, -0.25) is 19.7 Å². The maximum absolute atomic E-state index is 11.3. The van der Waals surface area contributed by atoms with Crippen LogP contribution in [0.25, 0.3) is 0 Å². The van der Waals surface area contributed by atoms with E-state index in [4.69, 9.17) is 0 Å². The molecule has 90 valence electrons. The number of nitrogens with one attached hydrogen (secondary N) is 1. The third kappa shape index (κ3) is 3.95. The van der Waals surface area contributed by atoms with Gasteiger partial charge >= 0.3 is 0 Å². The van der Waals surface area contributed by atoms with Gasteiger partial charge in [-0.1, -0.05) is 0 Å². The monoisotopic (exact) mass is 300 g/mol. The second kappa shape index (κ2) is 5.53. The molecule has 0 unspecified atom stereocenters. The topological polar surface area (TPSA) is 89.3 Å². The van der Waals surface area contributed by atoms with E-state index in [2.05, 4.69) is 21.2 Å². The maximum Gasteiger partial charge on any atom is 0.271 e. The Morgan fingerprint density at radius 1 is 1.47 bits per heavy atom. The number of ketones is 1. The molecule has 7 heteroatoms. The van der Waals surface area contributed by atoms with Gasteiger partial charge in [0.2, 0.25) is 5.91 Å². The lowest BCUT2D eigenvalue weighted by atomic mass is 10.2. The van der Waals surface area contributed by atoms with Gasteiger partial charge < -0.3 is 5.32 Å². The number of nitro groups is 1. The third-order valence-corrected chi connectivity index (χ3v) is 2.54. The Balaban J connectivity index is 2.90. The molecule has 0 aliphatic rings. The molecular weight excluding hydrogens is 292 g/mol. The zero-order chi connectivity index (χ0) is 13.0. The van der Waals surface area contributed by atoms with Gasteiger partial charge in [0, 0.05) is 16.6 Å². The van der Waals surface area contributed by atoms with E-state index in [9.17, 15) is 19.7 Å². The molecule has 0 fully saturated rings. The van der Waals surface area contributed by atoms with E-state index in [0.717, 1.165) is 0 Å². The van der Waals surface area contributed by atoms with E-state index in [1.54, 1.807) is 0 Å². The molecule has 17 heavy (non-hydrogen) atoms. The van der Waals surface area contributed by atoms with Crippen LogP contribution >= 0.6 is 15.9 Å². The minimum atomic E-state index is -0.562. The molecule has 0 spiro atoms. The number of nitro benzene ring substituents is 1. The van der Waals surface area contributed by atoms with Gasteiger partial charge in [-0.05, 0) is 28.9 Å². The minimum absolute atomic E-state index is 0.133. The van der Waals surface area contributed by atoms with Gasteiger partial charge in [-0.15, -0.1) is 0 Å². The van der Waals surface area contributed by atoms with Crippen molar-refractivity contribution in [3.05, 3.63) is 32.8 Å². The summed E-state index contributed by atoms with van der Waals surface area (Å²) in [6.07, 6.45) is -0.255. The summed E-state index contributed by atoms with van der Waals surface area (Å²) in [6, 6.07) is 3.99. The number of carbonyl (C=O) groups is 2. The first-order valence-corrected chi connectivity index (χ1v) is 5.42. The number of amides is 1. The van der Waals surface area contributed by atoms with Crippen molar-refractivity contribution in [2.45, 2.75) is 13.3 Å². The van der Waals surface area contributed by atoms with E-state index >= 15 is 0 Å². The number of hydrogen-bond donors (Lipinski definition) is 1. The van der Waals surface area contributed by atoms with Crippen LogP contribution in [0.1, 0.15) is 13.3 Å². The molecule has 1 aromatic rings. The number of Topliss-reactive ketones (excluding diaryl/α,β-unsaturated/α-hetero) is 1. The minimum Gasteiger partial charge on any atom is -0.324 e. The highest BCUT2D eigenvalue weighted by atomic mass is 79.9.